The van der Waals surface area contributed by atoms with Crippen LogP contribution in [0, 0.1) is 5.92 Å². The number of hydrogen-bond acceptors (Lipinski definition) is 3. The van der Waals surface area contributed by atoms with Crippen LogP contribution < -0.4 is 10.0 Å². The number of rotatable bonds is 5. The van der Waals surface area contributed by atoms with E-state index in [4.69, 9.17) is 11.6 Å². The molecular weight excluding hydrogens is 352 g/mol. The van der Waals surface area contributed by atoms with Crippen LogP contribution in [0.4, 0.5) is 0 Å². The van der Waals surface area contributed by atoms with Crippen molar-refractivity contribution in [3.05, 3.63) is 27.7 Å². The molecule has 1 aliphatic heterocycles. The van der Waals surface area contributed by atoms with Crippen LogP contribution in [0.5, 0.6) is 0 Å². The third kappa shape index (κ3) is 4.16. The molecule has 7 heteroatoms. The fourth-order valence-corrected chi connectivity index (χ4v) is 3.81. The first kappa shape index (κ1) is 15.3. The molecule has 1 aromatic carbocycles. The maximum Gasteiger partial charge on any atom is 0.240 e. The molecule has 0 saturated carbocycles. The summed E-state index contributed by atoms with van der Waals surface area (Å²) < 4.78 is 27.4. The molecule has 106 valence electrons. The van der Waals surface area contributed by atoms with Gasteiger partial charge >= 0.3 is 0 Å². The van der Waals surface area contributed by atoms with Gasteiger partial charge in [0, 0.05) is 11.0 Å². The van der Waals surface area contributed by atoms with Gasteiger partial charge in [-0.3, -0.25) is 0 Å². The normalized spacial score (nSPS) is 19.8. The number of sulfonamides is 1. The summed E-state index contributed by atoms with van der Waals surface area (Å²) >= 11 is 9.08. The van der Waals surface area contributed by atoms with Crippen molar-refractivity contribution >= 4 is 37.6 Å². The van der Waals surface area contributed by atoms with Crippen LogP contribution in [0.1, 0.15) is 12.8 Å². The third-order valence-corrected chi connectivity index (χ3v) is 5.88. The summed E-state index contributed by atoms with van der Waals surface area (Å²) in [4.78, 5) is 0.230. The van der Waals surface area contributed by atoms with E-state index in [0.717, 1.165) is 25.9 Å². The predicted molar refractivity (Wildman–Crippen MR) is 79.9 cm³/mol. The van der Waals surface area contributed by atoms with Crippen molar-refractivity contribution in [2.75, 3.05) is 19.6 Å². The van der Waals surface area contributed by atoms with E-state index in [0.29, 0.717) is 22.0 Å². The second-order valence-corrected chi connectivity index (χ2v) is 7.65. The van der Waals surface area contributed by atoms with Crippen molar-refractivity contribution in [2.24, 2.45) is 5.92 Å². The maximum atomic E-state index is 12.1. The van der Waals surface area contributed by atoms with Gasteiger partial charge in [0.15, 0.2) is 0 Å². The molecule has 1 unspecified atom stereocenters. The zero-order valence-corrected chi connectivity index (χ0v) is 13.5. The maximum absolute atomic E-state index is 12.1. The predicted octanol–water partition coefficient (Wildman–Crippen LogP) is 2.38. The first-order chi connectivity index (χ1) is 8.99. The highest BCUT2D eigenvalue weighted by Crippen LogP contribution is 2.25. The molecule has 0 amide bonds. The van der Waals surface area contributed by atoms with E-state index < -0.39 is 10.0 Å². The molecule has 0 aromatic heterocycles. The Morgan fingerprint density at radius 1 is 1.47 bits per heavy atom. The van der Waals surface area contributed by atoms with E-state index in [1.165, 1.54) is 12.1 Å². The number of halogens is 2. The largest absolute Gasteiger partial charge is 0.316 e. The quantitative estimate of drug-likeness (QED) is 0.840. The van der Waals surface area contributed by atoms with E-state index in [1.807, 2.05) is 0 Å². The molecule has 0 aliphatic carbocycles. The van der Waals surface area contributed by atoms with Crippen molar-refractivity contribution < 1.29 is 8.42 Å². The van der Waals surface area contributed by atoms with Crippen molar-refractivity contribution in [1.29, 1.82) is 0 Å². The molecule has 1 aliphatic rings. The molecule has 1 aromatic rings. The van der Waals surface area contributed by atoms with Crippen LogP contribution >= 0.6 is 27.5 Å². The zero-order valence-electron chi connectivity index (χ0n) is 10.3. The molecule has 4 nitrogen and oxygen atoms in total. The molecule has 2 N–H and O–H groups in total. The van der Waals surface area contributed by atoms with Gasteiger partial charge in [-0.2, -0.15) is 0 Å². The van der Waals surface area contributed by atoms with Crippen molar-refractivity contribution in [1.82, 2.24) is 10.0 Å². The zero-order chi connectivity index (χ0) is 13.9. The second-order valence-electron chi connectivity index (χ2n) is 4.62. The summed E-state index contributed by atoms with van der Waals surface area (Å²) in [6.07, 6.45) is 1.98. The Morgan fingerprint density at radius 2 is 2.26 bits per heavy atom. The molecule has 0 radical (unpaired) electrons. The lowest BCUT2D eigenvalue weighted by molar-refractivity contribution is 0.519. The van der Waals surface area contributed by atoms with Crippen LogP contribution in [0.3, 0.4) is 0 Å². The topological polar surface area (TPSA) is 58.2 Å². The minimum absolute atomic E-state index is 0.230. The van der Waals surface area contributed by atoms with E-state index in [-0.39, 0.29) is 4.90 Å². The van der Waals surface area contributed by atoms with E-state index in [2.05, 4.69) is 26.0 Å². The number of nitrogens with one attached hydrogen (secondary N) is 2. The van der Waals surface area contributed by atoms with Gasteiger partial charge in [0.05, 0.1) is 9.92 Å². The summed E-state index contributed by atoms with van der Waals surface area (Å²) in [5.41, 5.74) is 0. The molecule has 1 fully saturated rings. The standard InChI is InChI=1S/C12H16BrClN2O2S/c13-11-7-10(1-2-12(11)14)19(17,18)16-6-4-9-3-5-15-8-9/h1-2,7,9,15-16H,3-6,8H2. The van der Waals surface area contributed by atoms with Crippen LogP contribution in [0.2, 0.25) is 5.02 Å². The first-order valence-corrected chi connectivity index (χ1v) is 8.80. The highest BCUT2D eigenvalue weighted by Gasteiger charge is 2.18. The van der Waals surface area contributed by atoms with Crippen molar-refractivity contribution in [3.8, 4) is 0 Å². The Balaban J connectivity index is 1.95. The Kier molecular flexibility index (Phi) is 5.25. The lowest BCUT2D eigenvalue weighted by atomic mass is 10.1. The van der Waals surface area contributed by atoms with Crippen molar-refractivity contribution in [2.45, 2.75) is 17.7 Å². The van der Waals surface area contributed by atoms with Crippen molar-refractivity contribution in [3.63, 3.8) is 0 Å². The Bertz CT molecular complexity index is 545. The van der Waals surface area contributed by atoms with E-state index in [1.54, 1.807) is 6.07 Å². The Morgan fingerprint density at radius 3 is 2.89 bits per heavy atom. The summed E-state index contributed by atoms with van der Waals surface area (Å²) in [7, 11) is -3.45. The second kappa shape index (κ2) is 6.54. The minimum atomic E-state index is -3.45. The molecular formula is C12H16BrClN2O2S. The lowest BCUT2D eigenvalue weighted by Crippen LogP contribution is -2.26. The molecule has 0 spiro atoms. The summed E-state index contributed by atoms with van der Waals surface area (Å²) in [5, 5.41) is 3.76. The number of hydrogen-bond donors (Lipinski definition) is 2. The average molecular weight is 368 g/mol. The van der Waals surface area contributed by atoms with Gasteiger partial charge < -0.3 is 5.32 Å². The van der Waals surface area contributed by atoms with Crippen LogP contribution in [-0.2, 0) is 10.0 Å². The molecule has 1 atom stereocenters. The fourth-order valence-electron chi connectivity index (χ4n) is 2.09. The van der Waals surface area contributed by atoms with Gasteiger partial charge in [-0.05, 0) is 66.0 Å². The summed E-state index contributed by atoms with van der Waals surface area (Å²) in [6.45, 7) is 2.48. The average Bonchev–Trinajstić information content (AvgIpc) is 2.85. The smallest absolute Gasteiger partial charge is 0.240 e. The highest BCUT2D eigenvalue weighted by molar-refractivity contribution is 9.10. The lowest BCUT2D eigenvalue weighted by Gasteiger charge is -2.10. The van der Waals surface area contributed by atoms with E-state index >= 15 is 0 Å². The Labute approximate surface area is 127 Å². The van der Waals surface area contributed by atoms with Crippen LogP contribution in [-0.4, -0.2) is 28.1 Å². The highest BCUT2D eigenvalue weighted by atomic mass is 79.9. The van der Waals surface area contributed by atoms with Gasteiger partial charge in [-0.1, -0.05) is 11.6 Å². The minimum Gasteiger partial charge on any atom is -0.316 e. The van der Waals surface area contributed by atoms with Gasteiger partial charge in [0.2, 0.25) is 10.0 Å². The monoisotopic (exact) mass is 366 g/mol. The SMILES string of the molecule is O=S(=O)(NCCC1CCNC1)c1ccc(Cl)c(Br)c1. The molecule has 1 heterocycles. The number of benzene rings is 1. The van der Waals surface area contributed by atoms with Crippen LogP contribution in [0.15, 0.2) is 27.6 Å². The molecule has 1 saturated heterocycles. The van der Waals surface area contributed by atoms with Gasteiger partial charge in [0.1, 0.15) is 0 Å². The fraction of sp³-hybridized carbons (Fsp3) is 0.500. The van der Waals surface area contributed by atoms with Crippen LogP contribution in [0.25, 0.3) is 0 Å². The van der Waals surface area contributed by atoms with Gasteiger partial charge in [-0.15, -0.1) is 0 Å². The molecule has 2 rings (SSSR count). The third-order valence-electron chi connectivity index (χ3n) is 3.21. The first-order valence-electron chi connectivity index (χ1n) is 6.14. The van der Waals surface area contributed by atoms with Gasteiger partial charge in [0.25, 0.3) is 0 Å². The summed E-state index contributed by atoms with van der Waals surface area (Å²) in [5.74, 6) is 0.569. The Hall–Kier alpha value is -0.140. The van der Waals surface area contributed by atoms with Gasteiger partial charge in [-0.25, -0.2) is 13.1 Å². The summed E-state index contributed by atoms with van der Waals surface area (Å²) in [6, 6.07) is 4.59. The van der Waals surface area contributed by atoms with E-state index in [9.17, 15) is 8.42 Å². The molecule has 19 heavy (non-hydrogen) atoms. The molecule has 0 bridgehead atoms.